The molecule has 1 fully saturated rings. The summed E-state index contributed by atoms with van der Waals surface area (Å²) in [6, 6.07) is 16.6. The molecule has 1 unspecified atom stereocenters. The summed E-state index contributed by atoms with van der Waals surface area (Å²) in [4.78, 5) is 20.9. The number of carbonyl (C=O) groups is 1. The number of hydrogen-bond donors (Lipinski definition) is 2. The molecule has 4 rings (SSSR count). The van der Waals surface area contributed by atoms with Crippen molar-refractivity contribution in [2.24, 2.45) is 4.99 Å². The number of rotatable bonds is 7. The van der Waals surface area contributed by atoms with Crippen LogP contribution in [-0.4, -0.2) is 51.7 Å². The zero-order valence-corrected chi connectivity index (χ0v) is 21.7. The van der Waals surface area contributed by atoms with Gasteiger partial charge in [-0.15, -0.1) is 24.0 Å². The standard InChI is InChI=1S/C25H33N5O2.HI/c1-19(20-9-7-10-21(17-20)29-14-5-6-15-29)28-25(26-2)27-13-8-16-30-22-11-3-4-12-23(22)32-18-24(30)31;/h3-4,7,9-12,17,19H,5-6,8,13-16,18H2,1-2H3,(H2,26,27,28);1H. The number of halogens is 1. The zero-order valence-electron chi connectivity index (χ0n) is 19.4. The van der Waals surface area contributed by atoms with Gasteiger partial charge in [0.2, 0.25) is 0 Å². The summed E-state index contributed by atoms with van der Waals surface area (Å²) >= 11 is 0. The van der Waals surface area contributed by atoms with Gasteiger partial charge in [0, 0.05) is 38.9 Å². The molecule has 2 N–H and O–H groups in total. The molecule has 0 aliphatic carbocycles. The number of hydrogen-bond acceptors (Lipinski definition) is 4. The van der Waals surface area contributed by atoms with E-state index in [4.69, 9.17) is 4.74 Å². The van der Waals surface area contributed by atoms with E-state index in [1.54, 1.807) is 7.05 Å². The van der Waals surface area contributed by atoms with Crippen molar-refractivity contribution >= 4 is 47.2 Å². The van der Waals surface area contributed by atoms with Gasteiger partial charge in [0.05, 0.1) is 11.7 Å². The molecule has 1 atom stereocenters. The number of guanidine groups is 1. The summed E-state index contributed by atoms with van der Waals surface area (Å²) in [7, 11) is 1.78. The second-order valence-corrected chi connectivity index (χ2v) is 8.31. The topological polar surface area (TPSA) is 69.2 Å². The Kier molecular flexibility index (Phi) is 9.22. The lowest BCUT2D eigenvalue weighted by Gasteiger charge is -2.29. The molecule has 33 heavy (non-hydrogen) atoms. The van der Waals surface area contributed by atoms with Crippen LogP contribution >= 0.6 is 24.0 Å². The van der Waals surface area contributed by atoms with Crippen molar-refractivity contribution in [3.63, 3.8) is 0 Å². The highest BCUT2D eigenvalue weighted by Crippen LogP contribution is 2.31. The number of carbonyl (C=O) groups excluding carboxylic acids is 1. The molecule has 2 aromatic carbocycles. The van der Waals surface area contributed by atoms with Crippen LogP contribution in [0.3, 0.4) is 0 Å². The van der Waals surface area contributed by atoms with E-state index in [1.807, 2.05) is 29.2 Å². The predicted molar refractivity (Wildman–Crippen MR) is 145 cm³/mol. The molecular weight excluding hydrogens is 529 g/mol. The summed E-state index contributed by atoms with van der Waals surface area (Å²) in [5.41, 5.74) is 3.39. The first-order valence-corrected chi connectivity index (χ1v) is 11.5. The van der Waals surface area contributed by atoms with Crippen molar-refractivity contribution in [3.05, 3.63) is 54.1 Å². The van der Waals surface area contributed by atoms with Crippen LogP contribution in [0, 0.1) is 0 Å². The second kappa shape index (κ2) is 12.1. The maximum Gasteiger partial charge on any atom is 0.265 e. The smallest absolute Gasteiger partial charge is 0.265 e. The van der Waals surface area contributed by atoms with E-state index < -0.39 is 0 Å². The summed E-state index contributed by atoms with van der Waals surface area (Å²) in [6.07, 6.45) is 3.35. The number of aliphatic imine (C=N–C) groups is 1. The van der Waals surface area contributed by atoms with Crippen molar-refractivity contribution in [1.82, 2.24) is 10.6 Å². The number of ether oxygens (including phenoxy) is 1. The number of nitrogens with zero attached hydrogens (tertiary/aromatic N) is 3. The van der Waals surface area contributed by atoms with Gasteiger partial charge >= 0.3 is 0 Å². The minimum atomic E-state index is -0.00212. The Morgan fingerprint density at radius 1 is 1.15 bits per heavy atom. The van der Waals surface area contributed by atoms with Crippen molar-refractivity contribution < 1.29 is 9.53 Å². The van der Waals surface area contributed by atoms with E-state index in [0.717, 1.165) is 36.9 Å². The molecule has 0 radical (unpaired) electrons. The van der Waals surface area contributed by atoms with E-state index in [2.05, 4.69) is 51.7 Å². The normalized spacial score (nSPS) is 16.5. The Labute approximate surface area is 213 Å². The lowest BCUT2D eigenvalue weighted by Crippen LogP contribution is -2.42. The molecule has 2 heterocycles. The van der Waals surface area contributed by atoms with E-state index in [1.165, 1.54) is 24.1 Å². The number of anilines is 2. The fourth-order valence-electron chi connectivity index (χ4n) is 4.29. The minimum absolute atomic E-state index is 0. The van der Waals surface area contributed by atoms with Gasteiger partial charge in [-0.25, -0.2) is 0 Å². The van der Waals surface area contributed by atoms with Gasteiger partial charge < -0.3 is 25.2 Å². The first-order chi connectivity index (χ1) is 15.7. The van der Waals surface area contributed by atoms with Gasteiger partial charge in [-0.1, -0.05) is 24.3 Å². The Hall–Kier alpha value is -2.49. The third kappa shape index (κ3) is 6.31. The second-order valence-electron chi connectivity index (χ2n) is 8.31. The highest BCUT2D eigenvalue weighted by atomic mass is 127. The molecule has 1 saturated heterocycles. The lowest BCUT2D eigenvalue weighted by molar-refractivity contribution is -0.121. The van der Waals surface area contributed by atoms with Crippen LogP contribution in [-0.2, 0) is 4.79 Å². The fraction of sp³-hybridized carbons (Fsp3) is 0.440. The van der Waals surface area contributed by atoms with E-state index in [9.17, 15) is 4.79 Å². The monoisotopic (exact) mass is 563 g/mol. The summed E-state index contributed by atoms with van der Waals surface area (Å²) in [6.45, 7) is 5.89. The molecule has 2 aliphatic heterocycles. The fourth-order valence-corrected chi connectivity index (χ4v) is 4.29. The van der Waals surface area contributed by atoms with Gasteiger partial charge in [0.25, 0.3) is 5.91 Å². The van der Waals surface area contributed by atoms with E-state index in [-0.39, 0.29) is 42.5 Å². The average molecular weight is 563 g/mol. The maximum atomic E-state index is 12.3. The third-order valence-corrected chi connectivity index (χ3v) is 6.08. The van der Waals surface area contributed by atoms with Crippen LogP contribution in [0.1, 0.15) is 37.8 Å². The molecular formula is C25H34IN5O2. The molecule has 8 heteroatoms. The Bertz CT molecular complexity index is 961. The van der Waals surface area contributed by atoms with Crippen molar-refractivity contribution in [2.45, 2.75) is 32.2 Å². The quantitative estimate of drug-likeness (QED) is 0.231. The Morgan fingerprint density at radius 2 is 1.94 bits per heavy atom. The molecule has 2 aliphatic rings. The van der Waals surface area contributed by atoms with Crippen LogP contribution in [0.25, 0.3) is 0 Å². The van der Waals surface area contributed by atoms with Gasteiger partial charge in [0.15, 0.2) is 12.6 Å². The number of amides is 1. The Morgan fingerprint density at radius 3 is 2.73 bits per heavy atom. The number of fused-ring (bicyclic) bond motifs is 1. The van der Waals surface area contributed by atoms with Gasteiger partial charge in [-0.3, -0.25) is 9.79 Å². The van der Waals surface area contributed by atoms with Crippen molar-refractivity contribution in [1.29, 1.82) is 0 Å². The predicted octanol–water partition coefficient (Wildman–Crippen LogP) is 3.95. The third-order valence-electron chi connectivity index (χ3n) is 6.08. The molecule has 1 amide bonds. The highest BCUT2D eigenvalue weighted by Gasteiger charge is 2.24. The van der Waals surface area contributed by atoms with Crippen LogP contribution in [0.5, 0.6) is 5.75 Å². The number of benzene rings is 2. The zero-order chi connectivity index (χ0) is 22.3. The van der Waals surface area contributed by atoms with Crippen LogP contribution < -0.4 is 25.2 Å². The first-order valence-electron chi connectivity index (χ1n) is 11.5. The number of para-hydroxylation sites is 2. The molecule has 2 aromatic rings. The highest BCUT2D eigenvalue weighted by molar-refractivity contribution is 14.0. The summed E-state index contributed by atoms with van der Waals surface area (Å²) in [5, 5.41) is 6.86. The molecule has 0 aromatic heterocycles. The largest absolute Gasteiger partial charge is 0.482 e. The molecule has 7 nitrogen and oxygen atoms in total. The van der Waals surface area contributed by atoms with Gasteiger partial charge in [-0.2, -0.15) is 0 Å². The molecule has 178 valence electrons. The molecule has 0 saturated carbocycles. The first kappa shape index (κ1) is 25.1. The van der Waals surface area contributed by atoms with Crippen LogP contribution in [0.15, 0.2) is 53.5 Å². The van der Waals surface area contributed by atoms with Gasteiger partial charge in [0.1, 0.15) is 5.75 Å². The Balaban J connectivity index is 0.00000306. The molecule has 0 spiro atoms. The SMILES string of the molecule is CN=C(NCCCN1C(=O)COc2ccccc21)NC(C)c1cccc(N2CCCC2)c1.I. The number of nitrogens with one attached hydrogen (secondary N) is 2. The molecule has 0 bridgehead atoms. The lowest BCUT2D eigenvalue weighted by atomic mass is 10.1. The summed E-state index contributed by atoms with van der Waals surface area (Å²) in [5.74, 6) is 1.53. The van der Waals surface area contributed by atoms with Crippen LogP contribution in [0.2, 0.25) is 0 Å². The van der Waals surface area contributed by atoms with Crippen molar-refractivity contribution in [2.75, 3.05) is 49.6 Å². The van der Waals surface area contributed by atoms with Crippen molar-refractivity contribution in [3.8, 4) is 5.75 Å². The van der Waals surface area contributed by atoms with Gasteiger partial charge in [-0.05, 0) is 56.0 Å². The average Bonchev–Trinajstić information content (AvgIpc) is 3.37. The van der Waals surface area contributed by atoms with E-state index >= 15 is 0 Å². The van der Waals surface area contributed by atoms with E-state index in [0.29, 0.717) is 13.1 Å². The van der Waals surface area contributed by atoms with Crippen LogP contribution in [0.4, 0.5) is 11.4 Å². The maximum absolute atomic E-state index is 12.3. The summed E-state index contributed by atoms with van der Waals surface area (Å²) < 4.78 is 5.52. The minimum Gasteiger partial charge on any atom is -0.482 e.